The van der Waals surface area contributed by atoms with E-state index in [2.05, 4.69) is 32.2 Å². The van der Waals surface area contributed by atoms with Gasteiger partial charge in [-0.15, -0.1) is 0 Å². The largest absolute Gasteiger partial charge is 0.381 e. The molecule has 0 spiro atoms. The van der Waals surface area contributed by atoms with Crippen molar-refractivity contribution in [3.05, 3.63) is 28.8 Å². The van der Waals surface area contributed by atoms with Crippen molar-refractivity contribution in [3.63, 3.8) is 0 Å². The van der Waals surface area contributed by atoms with Gasteiger partial charge in [-0.05, 0) is 49.3 Å². The summed E-state index contributed by atoms with van der Waals surface area (Å²) in [6.45, 7) is 6.78. The molecular weight excluding hydrogens is 218 g/mol. The van der Waals surface area contributed by atoms with E-state index in [9.17, 15) is 0 Å². The van der Waals surface area contributed by atoms with Gasteiger partial charge in [0, 0.05) is 6.04 Å². The van der Waals surface area contributed by atoms with Crippen molar-refractivity contribution in [2.75, 3.05) is 5.32 Å². The molecule has 2 rings (SSSR count). The molecule has 0 aliphatic heterocycles. The molecule has 1 unspecified atom stereocenters. The number of aryl methyl sites for hydroxylation is 1. The number of halogens is 1. The molecule has 0 heterocycles. The smallest absolute Gasteiger partial charge is 0.0637 e. The number of benzene rings is 1. The van der Waals surface area contributed by atoms with E-state index in [-0.39, 0.29) is 0 Å². The van der Waals surface area contributed by atoms with E-state index in [0.29, 0.717) is 11.5 Å². The van der Waals surface area contributed by atoms with Gasteiger partial charge in [0.1, 0.15) is 0 Å². The van der Waals surface area contributed by atoms with Crippen LogP contribution in [0.25, 0.3) is 0 Å². The molecule has 1 nitrogen and oxygen atoms in total. The highest BCUT2D eigenvalue weighted by molar-refractivity contribution is 6.33. The Morgan fingerprint density at radius 3 is 2.75 bits per heavy atom. The van der Waals surface area contributed by atoms with Gasteiger partial charge in [-0.3, -0.25) is 0 Å². The van der Waals surface area contributed by atoms with Crippen molar-refractivity contribution in [2.24, 2.45) is 5.41 Å². The number of hydrogen-bond donors (Lipinski definition) is 1. The minimum Gasteiger partial charge on any atom is -0.381 e. The first-order valence-electron chi connectivity index (χ1n) is 5.99. The standard InChI is InChI=1S/C14H20ClN/c1-10-4-5-12(15)13(8-10)16-11-6-7-14(2,3)9-11/h4-5,8,11,16H,6-7,9H2,1-3H3. The maximum Gasteiger partial charge on any atom is 0.0637 e. The van der Waals surface area contributed by atoms with Crippen LogP contribution in [0.1, 0.15) is 38.7 Å². The van der Waals surface area contributed by atoms with Gasteiger partial charge in [0.05, 0.1) is 10.7 Å². The Morgan fingerprint density at radius 2 is 2.12 bits per heavy atom. The fraction of sp³-hybridized carbons (Fsp3) is 0.571. The van der Waals surface area contributed by atoms with E-state index in [1.165, 1.54) is 24.8 Å². The summed E-state index contributed by atoms with van der Waals surface area (Å²) in [5, 5.41) is 4.40. The van der Waals surface area contributed by atoms with Crippen LogP contribution in [0.3, 0.4) is 0 Å². The summed E-state index contributed by atoms with van der Waals surface area (Å²) >= 11 is 6.18. The molecule has 1 aromatic rings. The minimum absolute atomic E-state index is 0.480. The highest BCUT2D eigenvalue weighted by Crippen LogP contribution is 2.39. The third-order valence-electron chi connectivity index (χ3n) is 3.45. The first-order chi connectivity index (χ1) is 7.46. The Kier molecular flexibility index (Phi) is 3.16. The molecule has 1 atom stereocenters. The first kappa shape index (κ1) is 11.8. The van der Waals surface area contributed by atoms with Gasteiger partial charge in [-0.2, -0.15) is 0 Å². The van der Waals surface area contributed by atoms with E-state index >= 15 is 0 Å². The van der Waals surface area contributed by atoms with Gasteiger partial charge >= 0.3 is 0 Å². The Hall–Kier alpha value is -0.690. The second-order valence-corrected chi connectivity index (χ2v) is 6.14. The molecular formula is C14H20ClN. The first-order valence-corrected chi connectivity index (χ1v) is 6.37. The summed E-state index contributed by atoms with van der Waals surface area (Å²) < 4.78 is 0. The maximum absolute atomic E-state index is 6.18. The summed E-state index contributed by atoms with van der Waals surface area (Å²) in [6.07, 6.45) is 3.78. The average molecular weight is 238 g/mol. The topological polar surface area (TPSA) is 12.0 Å². The molecule has 0 bridgehead atoms. The van der Waals surface area contributed by atoms with Crippen molar-refractivity contribution < 1.29 is 0 Å². The van der Waals surface area contributed by atoms with Crippen molar-refractivity contribution in [2.45, 2.75) is 46.1 Å². The molecule has 0 radical (unpaired) electrons. The number of anilines is 1. The Bertz CT molecular complexity index is 384. The van der Waals surface area contributed by atoms with Crippen LogP contribution in [0, 0.1) is 12.3 Å². The fourth-order valence-electron chi connectivity index (χ4n) is 2.53. The third-order valence-corrected chi connectivity index (χ3v) is 3.78. The molecule has 1 saturated carbocycles. The Balaban J connectivity index is 2.07. The lowest BCUT2D eigenvalue weighted by Gasteiger charge is -2.19. The fourth-order valence-corrected chi connectivity index (χ4v) is 2.70. The van der Waals surface area contributed by atoms with Crippen molar-refractivity contribution in [1.29, 1.82) is 0 Å². The second kappa shape index (κ2) is 4.29. The monoisotopic (exact) mass is 237 g/mol. The van der Waals surface area contributed by atoms with E-state index in [1.54, 1.807) is 0 Å². The molecule has 1 N–H and O–H groups in total. The van der Waals surface area contributed by atoms with Crippen LogP contribution in [0.2, 0.25) is 5.02 Å². The summed E-state index contributed by atoms with van der Waals surface area (Å²) in [6, 6.07) is 6.73. The number of hydrogen-bond acceptors (Lipinski definition) is 1. The van der Waals surface area contributed by atoms with Crippen LogP contribution in [-0.4, -0.2) is 6.04 Å². The van der Waals surface area contributed by atoms with E-state index in [4.69, 9.17) is 11.6 Å². The number of rotatable bonds is 2. The van der Waals surface area contributed by atoms with Gasteiger partial charge in [-0.1, -0.05) is 31.5 Å². The molecule has 16 heavy (non-hydrogen) atoms. The molecule has 1 fully saturated rings. The average Bonchev–Trinajstić information content (AvgIpc) is 2.52. The summed E-state index contributed by atoms with van der Waals surface area (Å²) in [5.41, 5.74) is 2.82. The van der Waals surface area contributed by atoms with E-state index in [1.807, 2.05) is 12.1 Å². The second-order valence-electron chi connectivity index (χ2n) is 5.73. The minimum atomic E-state index is 0.480. The molecule has 1 aliphatic carbocycles. The van der Waals surface area contributed by atoms with Gasteiger partial charge in [0.15, 0.2) is 0 Å². The summed E-state index contributed by atoms with van der Waals surface area (Å²) in [5.74, 6) is 0. The van der Waals surface area contributed by atoms with Crippen LogP contribution in [0.15, 0.2) is 18.2 Å². The quantitative estimate of drug-likeness (QED) is 0.790. The zero-order valence-electron chi connectivity index (χ0n) is 10.3. The predicted molar refractivity (Wildman–Crippen MR) is 71.2 cm³/mol. The lowest BCUT2D eigenvalue weighted by molar-refractivity contribution is 0.378. The molecule has 0 amide bonds. The summed E-state index contributed by atoms with van der Waals surface area (Å²) in [7, 11) is 0. The Labute approximate surface area is 103 Å². The number of nitrogens with one attached hydrogen (secondary N) is 1. The van der Waals surface area contributed by atoms with Crippen LogP contribution in [-0.2, 0) is 0 Å². The highest BCUT2D eigenvalue weighted by Gasteiger charge is 2.30. The van der Waals surface area contributed by atoms with Gasteiger partial charge in [0.25, 0.3) is 0 Å². The lowest BCUT2D eigenvalue weighted by atomic mass is 9.92. The highest BCUT2D eigenvalue weighted by atomic mass is 35.5. The molecule has 88 valence electrons. The van der Waals surface area contributed by atoms with Crippen LogP contribution >= 0.6 is 11.6 Å². The lowest BCUT2D eigenvalue weighted by Crippen LogP contribution is -2.17. The van der Waals surface area contributed by atoms with Crippen LogP contribution < -0.4 is 5.32 Å². The van der Waals surface area contributed by atoms with Gasteiger partial charge in [-0.25, -0.2) is 0 Å². The summed E-state index contributed by atoms with van der Waals surface area (Å²) in [4.78, 5) is 0. The van der Waals surface area contributed by atoms with Gasteiger partial charge in [0.2, 0.25) is 0 Å². The van der Waals surface area contributed by atoms with Gasteiger partial charge < -0.3 is 5.32 Å². The van der Waals surface area contributed by atoms with Crippen molar-refractivity contribution in [1.82, 2.24) is 0 Å². The SMILES string of the molecule is Cc1ccc(Cl)c(NC2CCC(C)(C)C2)c1. The van der Waals surface area contributed by atoms with Crippen molar-refractivity contribution >= 4 is 17.3 Å². The molecule has 0 saturated heterocycles. The predicted octanol–water partition coefficient (Wildman–Crippen LogP) is 4.64. The zero-order valence-corrected chi connectivity index (χ0v) is 11.1. The Morgan fingerprint density at radius 1 is 1.38 bits per heavy atom. The normalized spacial score (nSPS) is 23.4. The third kappa shape index (κ3) is 2.70. The van der Waals surface area contributed by atoms with Crippen LogP contribution in [0.5, 0.6) is 0 Å². The maximum atomic E-state index is 6.18. The zero-order chi connectivity index (χ0) is 11.8. The van der Waals surface area contributed by atoms with Crippen LogP contribution in [0.4, 0.5) is 5.69 Å². The van der Waals surface area contributed by atoms with E-state index in [0.717, 1.165) is 10.7 Å². The molecule has 2 heteroatoms. The molecule has 1 aliphatic rings. The molecule has 0 aromatic heterocycles. The molecule has 1 aromatic carbocycles. The van der Waals surface area contributed by atoms with Crippen molar-refractivity contribution in [3.8, 4) is 0 Å². The van der Waals surface area contributed by atoms with E-state index < -0.39 is 0 Å².